The van der Waals surface area contributed by atoms with Crippen LogP contribution in [0.4, 0.5) is 5.69 Å². The summed E-state index contributed by atoms with van der Waals surface area (Å²) in [7, 11) is 1.87. The zero-order valence-electron chi connectivity index (χ0n) is 14.8. The average molecular weight is 412 g/mol. The van der Waals surface area contributed by atoms with Crippen LogP contribution in [0.2, 0.25) is 0 Å². The third kappa shape index (κ3) is 3.36. The van der Waals surface area contributed by atoms with E-state index in [-0.39, 0.29) is 5.91 Å². The molecule has 1 aromatic heterocycles. The number of halogens is 1. The molecule has 0 aliphatic carbocycles. The van der Waals surface area contributed by atoms with Crippen LogP contribution in [0.3, 0.4) is 0 Å². The van der Waals surface area contributed by atoms with Crippen molar-refractivity contribution in [1.82, 2.24) is 9.88 Å². The molecule has 1 N–H and O–H groups in total. The number of amides is 1. The van der Waals surface area contributed by atoms with Crippen LogP contribution < -0.4 is 4.90 Å². The predicted molar refractivity (Wildman–Crippen MR) is 110 cm³/mol. The summed E-state index contributed by atoms with van der Waals surface area (Å²) in [5.74, 6) is 0.00791. The fourth-order valence-electron chi connectivity index (χ4n) is 3.66. The van der Waals surface area contributed by atoms with E-state index in [2.05, 4.69) is 44.0 Å². The number of anilines is 1. The molecule has 4 nitrogen and oxygen atoms in total. The number of carbonyl (C=O) groups is 1. The number of fused-ring (bicyclic) bond motifs is 1. The number of rotatable bonds is 4. The normalized spacial score (nSPS) is 14.2. The van der Waals surface area contributed by atoms with E-state index < -0.39 is 0 Å². The van der Waals surface area contributed by atoms with Gasteiger partial charge in [0.1, 0.15) is 5.69 Å². The molecule has 134 valence electrons. The van der Waals surface area contributed by atoms with Crippen LogP contribution in [0.1, 0.15) is 28.9 Å². The Hall–Kier alpha value is -2.27. The van der Waals surface area contributed by atoms with E-state index >= 15 is 0 Å². The first kappa shape index (κ1) is 17.2. The number of hydrogen-bond acceptors (Lipinski definition) is 2. The smallest absolute Gasteiger partial charge is 0.270 e. The number of aromatic amines is 1. The van der Waals surface area contributed by atoms with Gasteiger partial charge in [-0.2, -0.15) is 0 Å². The Morgan fingerprint density at radius 2 is 1.92 bits per heavy atom. The van der Waals surface area contributed by atoms with Crippen molar-refractivity contribution in [3.05, 3.63) is 64.3 Å². The van der Waals surface area contributed by atoms with E-state index in [1.807, 2.05) is 37.4 Å². The maximum absolute atomic E-state index is 12.9. The van der Waals surface area contributed by atoms with Gasteiger partial charge in [-0.3, -0.25) is 4.79 Å². The topological polar surface area (TPSA) is 39.3 Å². The lowest BCUT2D eigenvalue weighted by molar-refractivity contribution is 0.0780. The van der Waals surface area contributed by atoms with Crippen molar-refractivity contribution in [3.63, 3.8) is 0 Å². The SMILES string of the molecule is CN(Cc1ccccc1N1CCCC1)C(=O)c1cc2ccc(Br)cc2[nH]1. The molecule has 0 radical (unpaired) electrons. The fraction of sp³-hybridized carbons (Fsp3) is 0.286. The van der Waals surface area contributed by atoms with Crippen LogP contribution in [-0.4, -0.2) is 35.9 Å². The summed E-state index contributed by atoms with van der Waals surface area (Å²) in [6, 6.07) is 16.3. The highest BCUT2D eigenvalue weighted by Gasteiger charge is 2.19. The molecule has 2 heterocycles. The van der Waals surface area contributed by atoms with E-state index in [0.29, 0.717) is 12.2 Å². The Labute approximate surface area is 161 Å². The number of hydrogen-bond donors (Lipinski definition) is 1. The summed E-state index contributed by atoms with van der Waals surface area (Å²) in [5, 5.41) is 1.04. The van der Waals surface area contributed by atoms with E-state index in [4.69, 9.17) is 0 Å². The first-order valence-electron chi connectivity index (χ1n) is 8.98. The lowest BCUT2D eigenvalue weighted by atomic mass is 10.1. The van der Waals surface area contributed by atoms with E-state index in [9.17, 15) is 4.79 Å². The minimum atomic E-state index is 0.00791. The Morgan fingerprint density at radius 1 is 1.15 bits per heavy atom. The highest BCUT2D eigenvalue weighted by atomic mass is 79.9. The molecule has 0 bridgehead atoms. The Balaban J connectivity index is 1.55. The monoisotopic (exact) mass is 411 g/mol. The molecule has 0 atom stereocenters. The maximum atomic E-state index is 12.9. The van der Waals surface area contributed by atoms with E-state index in [1.54, 1.807) is 4.90 Å². The quantitative estimate of drug-likeness (QED) is 0.669. The van der Waals surface area contributed by atoms with E-state index in [0.717, 1.165) is 28.5 Å². The van der Waals surface area contributed by atoms with Crippen LogP contribution in [-0.2, 0) is 6.54 Å². The zero-order valence-corrected chi connectivity index (χ0v) is 16.4. The second kappa shape index (κ2) is 7.16. The minimum Gasteiger partial charge on any atom is -0.371 e. The van der Waals surface area contributed by atoms with Crippen LogP contribution >= 0.6 is 15.9 Å². The summed E-state index contributed by atoms with van der Waals surface area (Å²) in [4.78, 5) is 20.4. The Bertz CT molecular complexity index is 943. The zero-order chi connectivity index (χ0) is 18.1. The molecule has 1 saturated heterocycles. The van der Waals surface area contributed by atoms with E-state index in [1.165, 1.54) is 24.1 Å². The van der Waals surface area contributed by atoms with Crippen LogP contribution in [0.5, 0.6) is 0 Å². The number of H-pyrrole nitrogens is 1. The van der Waals surface area contributed by atoms with Crippen molar-refractivity contribution in [3.8, 4) is 0 Å². The summed E-state index contributed by atoms with van der Waals surface area (Å²) in [5.41, 5.74) is 4.04. The number of benzene rings is 2. The predicted octanol–water partition coefficient (Wildman–Crippen LogP) is 4.80. The van der Waals surface area contributed by atoms with Gasteiger partial charge in [0.25, 0.3) is 5.91 Å². The fourth-order valence-corrected chi connectivity index (χ4v) is 4.02. The number of para-hydroxylation sites is 1. The van der Waals surface area contributed by atoms with Crippen molar-refractivity contribution in [2.45, 2.75) is 19.4 Å². The van der Waals surface area contributed by atoms with Gasteiger partial charge in [-0.1, -0.05) is 40.2 Å². The molecule has 1 aliphatic heterocycles. The van der Waals surface area contributed by atoms with Crippen molar-refractivity contribution in [2.75, 3.05) is 25.0 Å². The molecule has 1 fully saturated rings. The summed E-state index contributed by atoms with van der Waals surface area (Å²) < 4.78 is 0.999. The molecule has 4 rings (SSSR count). The highest BCUT2D eigenvalue weighted by molar-refractivity contribution is 9.10. The number of nitrogens with zero attached hydrogens (tertiary/aromatic N) is 2. The van der Waals surface area contributed by atoms with Gasteiger partial charge in [0, 0.05) is 47.7 Å². The standard InChI is InChI=1S/C21H22BrN3O/c1-24(14-16-6-2-3-7-20(16)25-10-4-5-11-25)21(26)19-12-15-8-9-17(22)13-18(15)23-19/h2-3,6-9,12-13,23H,4-5,10-11,14H2,1H3. The van der Waals surface area contributed by atoms with Gasteiger partial charge in [0.05, 0.1) is 0 Å². The lowest BCUT2D eigenvalue weighted by Gasteiger charge is -2.24. The van der Waals surface area contributed by atoms with Gasteiger partial charge in [0.2, 0.25) is 0 Å². The van der Waals surface area contributed by atoms with Gasteiger partial charge in [-0.15, -0.1) is 0 Å². The first-order valence-corrected chi connectivity index (χ1v) is 9.78. The molecular weight excluding hydrogens is 390 g/mol. The van der Waals surface area contributed by atoms with Gasteiger partial charge in [-0.25, -0.2) is 0 Å². The second-order valence-corrected chi connectivity index (χ2v) is 7.81. The Morgan fingerprint density at radius 3 is 2.73 bits per heavy atom. The molecule has 1 amide bonds. The van der Waals surface area contributed by atoms with Crippen molar-refractivity contribution >= 4 is 38.4 Å². The third-order valence-electron chi connectivity index (χ3n) is 5.01. The van der Waals surface area contributed by atoms with Gasteiger partial charge in [-0.05, 0) is 42.7 Å². The van der Waals surface area contributed by atoms with Gasteiger partial charge < -0.3 is 14.8 Å². The molecule has 1 aliphatic rings. The lowest BCUT2D eigenvalue weighted by Crippen LogP contribution is -2.28. The maximum Gasteiger partial charge on any atom is 0.270 e. The van der Waals surface area contributed by atoms with Crippen LogP contribution in [0.15, 0.2) is 53.0 Å². The second-order valence-electron chi connectivity index (χ2n) is 6.90. The molecule has 0 unspecified atom stereocenters. The first-order chi connectivity index (χ1) is 12.6. The Kier molecular flexibility index (Phi) is 4.72. The summed E-state index contributed by atoms with van der Waals surface area (Å²) >= 11 is 3.47. The van der Waals surface area contributed by atoms with Crippen molar-refractivity contribution in [2.24, 2.45) is 0 Å². The van der Waals surface area contributed by atoms with Gasteiger partial charge >= 0.3 is 0 Å². The average Bonchev–Trinajstić information content (AvgIpc) is 3.30. The summed E-state index contributed by atoms with van der Waals surface area (Å²) in [6.07, 6.45) is 2.49. The largest absolute Gasteiger partial charge is 0.371 e. The van der Waals surface area contributed by atoms with Gasteiger partial charge in [0.15, 0.2) is 0 Å². The highest BCUT2D eigenvalue weighted by Crippen LogP contribution is 2.26. The van der Waals surface area contributed by atoms with Crippen molar-refractivity contribution in [1.29, 1.82) is 0 Å². The molecule has 0 saturated carbocycles. The number of carbonyl (C=O) groups excluding carboxylic acids is 1. The molecule has 5 heteroatoms. The molecule has 2 aromatic carbocycles. The molecule has 3 aromatic rings. The van der Waals surface area contributed by atoms with Crippen molar-refractivity contribution < 1.29 is 4.79 Å². The summed E-state index contributed by atoms with van der Waals surface area (Å²) in [6.45, 7) is 2.81. The molecular formula is C21H22BrN3O. The number of aromatic nitrogens is 1. The molecule has 26 heavy (non-hydrogen) atoms. The van der Waals surface area contributed by atoms with Crippen LogP contribution in [0, 0.1) is 0 Å². The third-order valence-corrected chi connectivity index (χ3v) is 5.50. The molecule has 0 spiro atoms. The minimum absolute atomic E-state index is 0.00791. The number of nitrogens with one attached hydrogen (secondary N) is 1. The van der Waals surface area contributed by atoms with Crippen LogP contribution in [0.25, 0.3) is 10.9 Å².